The van der Waals surface area contributed by atoms with E-state index in [0.717, 1.165) is 32.2 Å². The predicted molar refractivity (Wildman–Crippen MR) is 75.7 cm³/mol. The van der Waals surface area contributed by atoms with Crippen LogP contribution in [0.3, 0.4) is 0 Å². The van der Waals surface area contributed by atoms with Gasteiger partial charge in [0.15, 0.2) is 0 Å². The lowest BCUT2D eigenvalue weighted by molar-refractivity contribution is -0.131. The first-order valence-electron chi connectivity index (χ1n) is 7.92. The number of carbonyl (C=O) groups excluding carboxylic acids is 1. The van der Waals surface area contributed by atoms with E-state index in [1.54, 1.807) is 0 Å². The van der Waals surface area contributed by atoms with Crippen molar-refractivity contribution in [3.63, 3.8) is 0 Å². The normalized spacial score (nSPS) is 31.4. The highest BCUT2D eigenvalue weighted by atomic mass is 16.2. The van der Waals surface area contributed by atoms with Crippen LogP contribution in [0.25, 0.3) is 0 Å². The summed E-state index contributed by atoms with van der Waals surface area (Å²) in [6, 6.07) is 0. The topological polar surface area (TPSA) is 35.6 Å². The Balaban J connectivity index is 1.62. The van der Waals surface area contributed by atoms with Crippen molar-refractivity contribution in [3.8, 4) is 0 Å². The number of piperidine rings is 1. The van der Waals surface area contributed by atoms with E-state index < -0.39 is 0 Å². The van der Waals surface area contributed by atoms with Gasteiger partial charge in [-0.2, -0.15) is 0 Å². The molecule has 1 saturated carbocycles. The lowest BCUT2D eigenvalue weighted by Gasteiger charge is -2.33. The molecule has 108 valence electrons. The summed E-state index contributed by atoms with van der Waals surface area (Å²) in [6.07, 6.45) is 7.13. The van der Waals surface area contributed by atoms with Gasteiger partial charge in [-0.3, -0.25) is 10.1 Å². The Hall–Kier alpha value is -0.610. The highest BCUT2D eigenvalue weighted by molar-refractivity contribution is 5.91. The zero-order valence-corrected chi connectivity index (χ0v) is 12.3. The number of amides is 1. The molecule has 0 bridgehead atoms. The van der Waals surface area contributed by atoms with Gasteiger partial charge in [0.25, 0.3) is 0 Å². The van der Waals surface area contributed by atoms with E-state index in [0.29, 0.717) is 18.0 Å². The Bertz CT molecular complexity index is 345. The molecule has 1 spiro atoms. The first-order valence-corrected chi connectivity index (χ1v) is 7.92. The molecule has 3 aliphatic rings. The molecule has 4 heteroatoms. The first-order chi connectivity index (χ1) is 9.14. The van der Waals surface area contributed by atoms with E-state index >= 15 is 0 Å². The number of hydrogen-bond donors (Lipinski definition) is 1. The molecule has 3 fully saturated rings. The monoisotopic (exact) mass is 265 g/mol. The fourth-order valence-electron chi connectivity index (χ4n) is 3.59. The van der Waals surface area contributed by atoms with Gasteiger partial charge >= 0.3 is 0 Å². The summed E-state index contributed by atoms with van der Waals surface area (Å²) < 4.78 is 0. The fraction of sp³-hybridized carbons (Fsp3) is 0.933. The van der Waals surface area contributed by atoms with Gasteiger partial charge in [-0.1, -0.05) is 13.3 Å². The molecular weight excluding hydrogens is 238 g/mol. The maximum atomic E-state index is 12.6. The predicted octanol–water partition coefficient (Wildman–Crippen LogP) is 1.42. The van der Waals surface area contributed by atoms with Crippen LogP contribution in [0.1, 0.15) is 45.4 Å². The Morgan fingerprint density at radius 2 is 2.00 bits per heavy atom. The van der Waals surface area contributed by atoms with Crippen LogP contribution in [0.4, 0.5) is 0 Å². The van der Waals surface area contributed by atoms with Crippen molar-refractivity contribution in [1.82, 2.24) is 15.1 Å². The summed E-state index contributed by atoms with van der Waals surface area (Å²) in [5.74, 6) is 1.10. The van der Waals surface area contributed by atoms with Crippen LogP contribution in [0.15, 0.2) is 0 Å². The number of nitrogens with zero attached hydrogens (tertiary/aromatic N) is 2. The minimum absolute atomic E-state index is 0.134. The average Bonchev–Trinajstić information content (AvgIpc) is 3.13. The Morgan fingerprint density at radius 1 is 1.32 bits per heavy atom. The van der Waals surface area contributed by atoms with Gasteiger partial charge in [0.1, 0.15) is 0 Å². The maximum Gasteiger partial charge on any atom is 0.244 e. The minimum atomic E-state index is -0.134. The lowest BCUT2D eigenvalue weighted by atomic mass is 9.96. The molecule has 0 radical (unpaired) electrons. The van der Waals surface area contributed by atoms with Crippen molar-refractivity contribution < 1.29 is 4.79 Å². The molecule has 19 heavy (non-hydrogen) atoms. The molecule has 1 aliphatic carbocycles. The van der Waals surface area contributed by atoms with Crippen LogP contribution in [-0.2, 0) is 4.79 Å². The van der Waals surface area contributed by atoms with Gasteiger partial charge in [0.05, 0.1) is 11.7 Å². The third-order valence-corrected chi connectivity index (χ3v) is 5.09. The maximum absolute atomic E-state index is 12.6. The van der Waals surface area contributed by atoms with Crippen LogP contribution in [0, 0.1) is 5.92 Å². The molecule has 2 saturated heterocycles. The van der Waals surface area contributed by atoms with Crippen molar-refractivity contribution in [3.05, 3.63) is 0 Å². The molecule has 1 atom stereocenters. The molecular formula is C15H27N3O. The average molecular weight is 265 g/mol. The smallest absolute Gasteiger partial charge is 0.244 e. The summed E-state index contributed by atoms with van der Waals surface area (Å²) >= 11 is 0. The van der Waals surface area contributed by atoms with E-state index in [1.807, 2.05) is 0 Å². The van der Waals surface area contributed by atoms with E-state index in [4.69, 9.17) is 0 Å². The van der Waals surface area contributed by atoms with Crippen LogP contribution in [0.2, 0.25) is 0 Å². The van der Waals surface area contributed by atoms with E-state index in [9.17, 15) is 4.79 Å². The van der Waals surface area contributed by atoms with Crippen molar-refractivity contribution in [2.24, 2.45) is 5.92 Å². The summed E-state index contributed by atoms with van der Waals surface area (Å²) in [6.45, 7) is 5.55. The fourth-order valence-corrected chi connectivity index (χ4v) is 3.59. The third kappa shape index (κ3) is 2.52. The zero-order valence-electron chi connectivity index (χ0n) is 12.3. The number of hydrogen-bond acceptors (Lipinski definition) is 3. The van der Waals surface area contributed by atoms with Gasteiger partial charge in [0, 0.05) is 6.54 Å². The van der Waals surface area contributed by atoms with Crippen LogP contribution in [-0.4, -0.2) is 54.1 Å². The van der Waals surface area contributed by atoms with Gasteiger partial charge in [-0.25, -0.2) is 0 Å². The van der Waals surface area contributed by atoms with Crippen molar-refractivity contribution in [2.45, 2.75) is 57.2 Å². The number of nitrogens with one attached hydrogen (secondary N) is 1. The first kappa shape index (κ1) is 13.4. The van der Waals surface area contributed by atoms with Crippen molar-refractivity contribution in [2.75, 3.05) is 26.7 Å². The van der Waals surface area contributed by atoms with Crippen molar-refractivity contribution in [1.29, 1.82) is 0 Å². The van der Waals surface area contributed by atoms with E-state index in [2.05, 4.69) is 29.1 Å². The highest BCUT2D eigenvalue weighted by Crippen LogP contribution is 2.43. The lowest BCUT2D eigenvalue weighted by Crippen LogP contribution is -2.43. The molecule has 2 aliphatic heterocycles. The van der Waals surface area contributed by atoms with Crippen molar-refractivity contribution >= 4 is 5.91 Å². The second-order valence-electron chi connectivity index (χ2n) is 6.74. The van der Waals surface area contributed by atoms with E-state index in [-0.39, 0.29) is 5.54 Å². The van der Waals surface area contributed by atoms with E-state index in [1.165, 1.54) is 25.9 Å². The molecule has 2 heterocycles. The van der Waals surface area contributed by atoms with Gasteiger partial charge in [-0.15, -0.1) is 0 Å². The van der Waals surface area contributed by atoms with Gasteiger partial charge < -0.3 is 9.80 Å². The molecule has 1 N–H and O–H groups in total. The highest BCUT2D eigenvalue weighted by Gasteiger charge is 2.58. The summed E-state index contributed by atoms with van der Waals surface area (Å²) in [7, 11) is 2.19. The summed E-state index contributed by atoms with van der Waals surface area (Å²) in [5.41, 5.74) is -0.134. The largest absolute Gasteiger partial charge is 0.325 e. The molecule has 0 aromatic carbocycles. The van der Waals surface area contributed by atoms with Crippen LogP contribution in [0.5, 0.6) is 0 Å². The Labute approximate surface area is 116 Å². The molecule has 4 nitrogen and oxygen atoms in total. The summed E-state index contributed by atoms with van der Waals surface area (Å²) in [5, 5.41) is 3.61. The number of carbonyl (C=O) groups is 1. The SMILES string of the molecule is CCCC1NC2(CC2)C(=O)N1CC1CCN(C)CC1. The number of rotatable bonds is 4. The van der Waals surface area contributed by atoms with Crippen LogP contribution >= 0.6 is 0 Å². The molecule has 0 aromatic rings. The third-order valence-electron chi connectivity index (χ3n) is 5.09. The molecule has 1 amide bonds. The molecule has 0 aromatic heterocycles. The second-order valence-corrected chi connectivity index (χ2v) is 6.74. The molecule has 3 rings (SSSR count). The number of likely N-dealkylation sites (tertiary alicyclic amines) is 1. The van der Waals surface area contributed by atoms with Gasteiger partial charge in [-0.05, 0) is 58.2 Å². The zero-order chi connectivity index (χ0) is 13.5. The Kier molecular flexibility index (Phi) is 3.56. The Morgan fingerprint density at radius 3 is 2.58 bits per heavy atom. The quantitative estimate of drug-likeness (QED) is 0.835. The second kappa shape index (κ2) is 5.06. The molecule has 1 unspecified atom stereocenters. The minimum Gasteiger partial charge on any atom is -0.325 e. The van der Waals surface area contributed by atoms with Gasteiger partial charge in [0.2, 0.25) is 5.91 Å². The summed E-state index contributed by atoms with van der Waals surface area (Å²) in [4.78, 5) is 17.1. The standard InChI is InChI=1S/C15H27N3O/c1-3-4-13-16-15(7-8-15)14(19)18(13)11-12-5-9-17(2)10-6-12/h12-13,16H,3-11H2,1-2H3. The van der Waals surface area contributed by atoms with Crippen LogP contribution < -0.4 is 5.32 Å².